The lowest BCUT2D eigenvalue weighted by Crippen LogP contribution is -2.45. The summed E-state index contributed by atoms with van der Waals surface area (Å²) in [7, 11) is 3.10. The smallest absolute Gasteiger partial charge is 0.315 e. The molecule has 0 fully saturated rings. The van der Waals surface area contributed by atoms with Gasteiger partial charge in [-0.2, -0.15) is 0 Å². The summed E-state index contributed by atoms with van der Waals surface area (Å²) in [6.07, 6.45) is 2.16. The van der Waals surface area contributed by atoms with Crippen LogP contribution in [0.1, 0.15) is 57.5 Å². The number of nitrogens with one attached hydrogen (secondary N) is 8. The molecule has 0 bridgehead atoms. The maximum absolute atomic E-state index is 13.9. The molecule has 0 radical (unpaired) electrons. The number of aromatic hydroxyl groups is 2. The molecular formula is C34H50N18O6. The standard InChI is InChI=1S/C34H50N18O6/c1-39-31(35)43-11-3-5-19(17-47-51-37)49-33(57)45-15-13-41-21-7-8-22(26-25(21)29(55)27-23(53)9-10-24(54)28(27)30(26)56)42-14-16-46-34(58)50-20(18-48-52-38)6-4-12-44-32(36)40-2/h7-10,19-20,41-42,53-54H,3-6,11-18H2,1-2H3,(H3,35,39,43)(H3,36,40,44)(H2,45,49,57)(H2,46,50,58)/t19-,20-/m0/s1. The molecular weight excluding hydrogens is 756 g/mol. The van der Waals surface area contributed by atoms with E-state index in [4.69, 9.17) is 22.5 Å². The number of aliphatic imine (C=N–C) groups is 2. The van der Waals surface area contributed by atoms with E-state index in [1.807, 2.05) is 0 Å². The van der Waals surface area contributed by atoms with Gasteiger partial charge in [0.25, 0.3) is 0 Å². The first-order valence-electron chi connectivity index (χ1n) is 18.3. The van der Waals surface area contributed by atoms with Crippen molar-refractivity contribution in [1.29, 1.82) is 0 Å². The number of nitrogens with two attached hydrogens (primary N) is 2. The van der Waals surface area contributed by atoms with Gasteiger partial charge in [0.05, 0.1) is 22.3 Å². The first-order chi connectivity index (χ1) is 27.9. The number of phenolic OH excluding ortho intramolecular Hbond substituents is 2. The Bertz CT molecular complexity index is 1810. The number of nitrogens with zero attached hydrogens (tertiary/aromatic N) is 8. The summed E-state index contributed by atoms with van der Waals surface area (Å²) in [5.74, 6) is -1.87. The Balaban J connectivity index is 1.67. The molecule has 0 heterocycles. The molecule has 1 aliphatic carbocycles. The molecule has 312 valence electrons. The van der Waals surface area contributed by atoms with Gasteiger partial charge in [0, 0.05) is 99.7 Å². The summed E-state index contributed by atoms with van der Waals surface area (Å²) in [4.78, 5) is 66.3. The van der Waals surface area contributed by atoms with Crippen LogP contribution in [0.25, 0.3) is 20.9 Å². The Kier molecular flexibility index (Phi) is 18.3. The number of benzene rings is 2. The van der Waals surface area contributed by atoms with E-state index in [0.717, 1.165) is 12.1 Å². The third-order valence-electron chi connectivity index (χ3n) is 8.68. The predicted octanol–water partition coefficient (Wildman–Crippen LogP) is 1.28. The zero-order valence-electron chi connectivity index (χ0n) is 32.2. The first kappa shape index (κ1) is 45.1. The van der Waals surface area contributed by atoms with Crippen LogP contribution in [0.15, 0.2) is 44.5 Å². The molecule has 2 atom stereocenters. The second-order valence-corrected chi connectivity index (χ2v) is 12.7. The van der Waals surface area contributed by atoms with Crippen molar-refractivity contribution in [2.75, 3.05) is 77.1 Å². The minimum absolute atomic E-state index is 0.0270. The molecule has 0 unspecified atom stereocenters. The molecule has 0 aliphatic heterocycles. The molecule has 24 nitrogen and oxygen atoms in total. The summed E-state index contributed by atoms with van der Waals surface area (Å²) < 4.78 is 0. The minimum Gasteiger partial charge on any atom is -0.507 e. The average molecular weight is 807 g/mol. The Labute approximate surface area is 333 Å². The van der Waals surface area contributed by atoms with Crippen LogP contribution in [0.2, 0.25) is 0 Å². The van der Waals surface area contributed by atoms with Gasteiger partial charge < -0.3 is 64.2 Å². The van der Waals surface area contributed by atoms with Gasteiger partial charge in [-0.15, -0.1) is 0 Å². The molecule has 4 amide bonds. The molecule has 0 aromatic heterocycles. The largest absolute Gasteiger partial charge is 0.507 e. The third kappa shape index (κ3) is 13.5. The van der Waals surface area contributed by atoms with E-state index in [2.05, 4.69) is 72.6 Å². The SMILES string of the molecule is CN=C(N)NCCC[C@@H](CN=[N+]=[N-])NC(=O)NCCNc1ccc(NCCNC(=O)N[C@@H](CCCNC(N)=NC)CN=[N+]=[N-])c2c1C(=O)c1c(O)ccc(O)c1C2=O. The quantitative estimate of drug-likeness (QED) is 0.0130. The normalized spacial score (nSPS) is 13.0. The monoisotopic (exact) mass is 806 g/mol. The number of guanidine groups is 2. The Morgan fingerprint density at radius 2 is 1.03 bits per heavy atom. The van der Waals surface area contributed by atoms with Gasteiger partial charge in [0.15, 0.2) is 11.9 Å². The Morgan fingerprint density at radius 1 is 0.638 bits per heavy atom. The molecule has 0 saturated carbocycles. The van der Waals surface area contributed by atoms with Crippen LogP contribution < -0.4 is 54.0 Å². The highest BCUT2D eigenvalue weighted by Gasteiger charge is 2.38. The van der Waals surface area contributed by atoms with Crippen molar-refractivity contribution < 1.29 is 29.4 Å². The number of rotatable bonds is 22. The summed E-state index contributed by atoms with van der Waals surface area (Å²) in [5.41, 5.74) is 28.4. The summed E-state index contributed by atoms with van der Waals surface area (Å²) in [5, 5.41) is 51.2. The van der Waals surface area contributed by atoms with E-state index < -0.39 is 47.2 Å². The summed E-state index contributed by atoms with van der Waals surface area (Å²) >= 11 is 0. The molecule has 24 heteroatoms. The van der Waals surface area contributed by atoms with E-state index in [1.54, 1.807) is 26.2 Å². The number of carbonyl (C=O) groups is 4. The number of hydrogen-bond donors (Lipinski definition) is 12. The number of ketones is 2. The number of carbonyl (C=O) groups excluding carboxylic acids is 4. The maximum atomic E-state index is 13.9. The number of anilines is 2. The van der Waals surface area contributed by atoms with Crippen molar-refractivity contribution in [2.45, 2.75) is 37.8 Å². The van der Waals surface area contributed by atoms with Crippen molar-refractivity contribution in [3.63, 3.8) is 0 Å². The van der Waals surface area contributed by atoms with Crippen LogP contribution in [0.4, 0.5) is 21.0 Å². The molecule has 2 aromatic carbocycles. The number of azide groups is 2. The van der Waals surface area contributed by atoms with E-state index in [9.17, 15) is 29.4 Å². The Morgan fingerprint density at radius 3 is 1.40 bits per heavy atom. The molecule has 14 N–H and O–H groups in total. The lowest BCUT2D eigenvalue weighted by Gasteiger charge is -2.25. The van der Waals surface area contributed by atoms with Gasteiger partial charge in [-0.25, -0.2) is 9.59 Å². The number of phenols is 2. The van der Waals surface area contributed by atoms with Crippen molar-refractivity contribution in [1.82, 2.24) is 31.9 Å². The van der Waals surface area contributed by atoms with Crippen LogP contribution in [0, 0.1) is 0 Å². The minimum atomic E-state index is -0.722. The van der Waals surface area contributed by atoms with Crippen LogP contribution in [0.5, 0.6) is 11.5 Å². The van der Waals surface area contributed by atoms with Gasteiger partial charge in [0.1, 0.15) is 11.5 Å². The topological polar surface area (TPSA) is 379 Å². The second-order valence-electron chi connectivity index (χ2n) is 12.7. The predicted molar refractivity (Wildman–Crippen MR) is 218 cm³/mol. The molecule has 1 aliphatic rings. The second kappa shape index (κ2) is 23.6. The van der Waals surface area contributed by atoms with E-state index in [-0.39, 0.29) is 84.8 Å². The van der Waals surface area contributed by atoms with Crippen molar-refractivity contribution in [3.8, 4) is 11.5 Å². The number of fused-ring (bicyclic) bond motifs is 2. The van der Waals surface area contributed by atoms with Gasteiger partial charge in [0.2, 0.25) is 11.6 Å². The fourth-order valence-electron chi connectivity index (χ4n) is 5.85. The van der Waals surface area contributed by atoms with E-state index in [1.165, 1.54) is 0 Å². The third-order valence-corrected chi connectivity index (χ3v) is 8.68. The average Bonchev–Trinajstić information content (AvgIpc) is 3.21. The van der Waals surface area contributed by atoms with Gasteiger partial charge in [-0.3, -0.25) is 19.6 Å². The molecule has 3 rings (SSSR count). The zero-order valence-corrected chi connectivity index (χ0v) is 32.2. The van der Waals surface area contributed by atoms with Crippen LogP contribution in [-0.4, -0.2) is 124 Å². The first-order valence-corrected chi connectivity index (χ1v) is 18.3. The highest BCUT2D eigenvalue weighted by Crippen LogP contribution is 2.42. The van der Waals surface area contributed by atoms with E-state index >= 15 is 0 Å². The lowest BCUT2D eigenvalue weighted by molar-refractivity contribution is 0.0975. The fourth-order valence-corrected chi connectivity index (χ4v) is 5.85. The number of hydrogen-bond acceptors (Lipinski definition) is 12. The molecule has 0 spiro atoms. The van der Waals surface area contributed by atoms with Crippen LogP contribution in [0.3, 0.4) is 0 Å². The lowest BCUT2D eigenvalue weighted by atomic mass is 9.81. The van der Waals surface area contributed by atoms with Gasteiger partial charge >= 0.3 is 12.1 Å². The zero-order chi connectivity index (χ0) is 42.5. The number of urea groups is 2. The molecule has 0 saturated heterocycles. The molecule has 58 heavy (non-hydrogen) atoms. The maximum Gasteiger partial charge on any atom is 0.315 e. The van der Waals surface area contributed by atoms with E-state index in [0.29, 0.717) is 38.8 Å². The van der Waals surface area contributed by atoms with Gasteiger partial charge in [-0.1, -0.05) is 10.2 Å². The van der Waals surface area contributed by atoms with Crippen molar-refractivity contribution >= 4 is 46.9 Å². The highest BCUT2D eigenvalue weighted by atomic mass is 16.3. The summed E-state index contributed by atoms with van der Waals surface area (Å²) in [6, 6.07) is 3.35. The van der Waals surface area contributed by atoms with Crippen molar-refractivity contribution in [3.05, 3.63) is 67.4 Å². The highest BCUT2D eigenvalue weighted by molar-refractivity contribution is 6.33. The van der Waals surface area contributed by atoms with Crippen LogP contribution >= 0.6 is 0 Å². The van der Waals surface area contributed by atoms with Crippen molar-refractivity contribution in [2.24, 2.45) is 31.7 Å². The fraction of sp³-hybridized carbons (Fsp3) is 0.471. The summed E-state index contributed by atoms with van der Waals surface area (Å²) in [6.45, 7) is 1.38. The van der Waals surface area contributed by atoms with Gasteiger partial charge in [-0.05, 0) is 61.0 Å². The number of amides is 4. The molecule has 2 aromatic rings. The van der Waals surface area contributed by atoms with Crippen LogP contribution in [-0.2, 0) is 0 Å². The Hall–Kier alpha value is -7.32.